The fourth-order valence-electron chi connectivity index (χ4n) is 3.94. The van der Waals surface area contributed by atoms with E-state index >= 15 is 0 Å². The third-order valence-corrected chi connectivity index (χ3v) is 7.03. The molecule has 1 aromatic rings. The summed E-state index contributed by atoms with van der Waals surface area (Å²) < 4.78 is 10.8. The van der Waals surface area contributed by atoms with Crippen LogP contribution in [0.4, 0.5) is 0 Å². The zero-order chi connectivity index (χ0) is 25.1. The number of benzene rings is 1. The van der Waals surface area contributed by atoms with Crippen molar-refractivity contribution < 1.29 is 28.7 Å². The Morgan fingerprint density at radius 3 is 2.29 bits per heavy atom. The van der Waals surface area contributed by atoms with Crippen molar-refractivity contribution in [2.24, 2.45) is 5.92 Å². The summed E-state index contributed by atoms with van der Waals surface area (Å²) in [7, 11) is 0. The Balaban J connectivity index is 2.11. The normalized spacial score (nSPS) is 16.5. The molecular weight excluding hydrogens is 456 g/mol. The maximum absolute atomic E-state index is 13.4. The monoisotopic (exact) mass is 492 g/mol. The minimum Gasteiger partial charge on any atom is -0.464 e. The molecule has 2 N–H and O–H groups in total. The highest BCUT2D eigenvalue weighted by Gasteiger charge is 2.45. The highest BCUT2D eigenvalue weighted by molar-refractivity contribution is 8.14. The Morgan fingerprint density at radius 2 is 1.74 bits per heavy atom. The van der Waals surface area contributed by atoms with Gasteiger partial charge in [0, 0.05) is 6.92 Å². The van der Waals surface area contributed by atoms with Gasteiger partial charge in [-0.05, 0) is 31.2 Å². The van der Waals surface area contributed by atoms with Crippen molar-refractivity contribution in [1.82, 2.24) is 10.6 Å². The molecule has 1 fully saturated rings. The summed E-state index contributed by atoms with van der Waals surface area (Å²) in [5.74, 6) is -1.46. The van der Waals surface area contributed by atoms with Crippen LogP contribution in [0.15, 0.2) is 30.3 Å². The first-order chi connectivity index (χ1) is 16.2. The molecule has 1 aliphatic rings. The van der Waals surface area contributed by atoms with Crippen LogP contribution in [-0.4, -0.2) is 52.9 Å². The Hall–Kier alpha value is -2.39. The molecule has 188 valence electrons. The molecule has 8 nitrogen and oxygen atoms in total. The first-order valence-corrected chi connectivity index (χ1v) is 12.6. The van der Waals surface area contributed by atoms with Crippen LogP contribution < -0.4 is 10.6 Å². The average Bonchev–Trinajstić information content (AvgIpc) is 3.27. The predicted octanol–water partition coefficient (Wildman–Crippen LogP) is 2.98. The Labute approximate surface area is 205 Å². The fourth-order valence-corrected chi connectivity index (χ4v) is 4.74. The minimum atomic E-state index is -1.13. The molecule has 2 atom stereocenters. The number of esters is 1. The molecule has 0 spiro atoms. The Morgan fingerprint density at radius 1 is 1.09 bits per heavy atom. The number of hydrogen-bond acceptors (Lipinski definition) is 7. The first-order valence-electron chi connectivity index (χ1n) is 11.8. The van der Waals surface area contributed by atoms with Crippen molar-refractivity contribution >= 4 is 34.7 Å². The molecule has 9 heteroatoms. The highest BCUT2D eigenvalue weighted by Crippen LogP contribution is 2.31. The highest BCUT2D eigenvalue weighted by atomic mass is 32.2. The second-order valence-corrected chi connectivity index (χ2v) is 10.1. The van der Waals surface area contributed by atoms with Crippen LogP contribution in [0.25, 0.3) is 0 Å². The molecule has 0 aliphatic heterocycles. The summed E-state index contributed by atoms with van der Waals surface area (Å²) in [5, 5.41) is 4.92. The minimum absolute atomic E-state index is 0.0572. The van der Waals surface area contributed by atoms with Crippen molar-refractivity contribution in [3.8, 4) is 0 Å². The van der Waals surface area contributed by atoms with Crippen LogP contribution in [0, 0.1) is 5.92 Å². The average molecular weight is 493 g/mol. The topological polar surface area (TPSA) is 111 Å². The number of rotatable bonds is 12. The number of carbonyl (C=O) groups is 4. The molecule has 0 bridgehead atoms. The van der Waals surface area contributed by atoms with Crippen molar-refractivity contribution in [2.45, 2.75) is 76.8 Å². The van der Waals surface area contributed by atoms with E-state index in [9.17, 15) is 19.2 Å². The molecule has 1 aliphatic carbocycles. The van der Waals surface area contributed by atoms with Crippen LogP contribution in [-0.2, 0) is 35.3 Å². The van der Waals surface area contributed by atoms with Crippen molar-refractivity contribution in [3.05, 3.63) is 35.9 Å². The van der Waals surface area contributed by atoms with Crippen molar-refractivity contribution in [1.29, 1.82) is 0 Å². The summed E-state index contributed by atoms with van der Waals surface area (Å²) in [6.45, 7) is 7.24. The maximum atomic E-state index is 13.4. The second-order valence-electron chi connectivity index (χ2n) is 8.83. The van der Waals surface area contributed by atoms with E-state index in [1.165, 1.54) is 6.92 Å². The molecule has 34 heavy (non-hydrogen) atoms. The molecule has 0 aromatic heterocycles. The van der Waals surface area contributed by atoms with E-state index in [2.05, 4.69) is 10.6 Å². The summed E-state index contributed by atoms with van der Waals surface area (Å²) >= 11 is 0.967. The maximum Gasteiger partial charge on any atom is 0.331 e. The fraction of sp³-hybridized carbons (Fsp3) is 0.600. The van der Waals surface area contributed by atoms with E-state index < -0.39 is 28.7 Å². The van der Waals surface area contributed by atoms with Crippen LogP contribution >= 0.6 is 11.8 Å². The van der Waals surface area contributed by atoms with E-state index in [0.29, 0.717) is 12.8 Å². The molecular formula is C25H36N2O6S. The molecule has 0 unspecified atom stereocenters. The van der Waals surface area contributed by atoms with Gasteiger partial charge in [-0.2, -0.15) is 0 Å². The predicted molar refractivity (Wildman–Crippen MR) is 131 cm³/mol. The number of amides is 2. The Bertz CT molecular complexity index is 839. The third-order valence-electron chi connectivity index (χ3n) is 5.68. The van der Waals surface area contributed by atoms with E-state index in [4.69, 9.17) is 9.47 Å². The molecule has 1 saturated carbocycles. The largest absolute Gasteiger partial charge is 0.464 e. The molecule has 0 saturated heterocycles. The number of nitrogens with one attached hydrogen (secondary N) is 2. The summed E-state index contributed by atoms with van der Waals surface area (Å²) in [6.07, 6.45) is 2.46. The smallest absolute Gasteiger partial charge is 0.331 e. The van der Waals surface area contributed by atoms with Gasteiger partial charge in [0.1, 0.15) is 5.54 Å². The SMILES string of the molecule is CCOC(=O)[C@H](COCc1ccccc1)NC(=O)C1(NC(=O)[C@@H](SC(C)=O)C(C)C)CCCC1. The summed E-state index contributed by atoms with van der Waals surface area (Å²) in [4.78, 5) is 50.6. The van der Waals surface area contributed by atoms with Gasteiger partial charge in [-0.15, -0.1) is 0 Å². The van der Waals surface area contributed by atoms with Crippen LogP contribution in [0.2, 0.25) is 0 Å². The zero-order valence-corrected chi connectivity index (χ0v) is 21.2. The zero-order valence-electron chi connectivity index (χ0n) is 20.4. The van der Waals surface area contributed by atoms with Gasteiger partial charge in [0.05, 0.1) is 25.1 Å². The van der Waals surface area contributed by atoms with Gasteiger partial charge >= 0.3 is 5.97 Å². The standard InChI is InChI=1S/C25H36N2O6S/c1-5-33-23(30)20(16-32-15-19-11-7-6-8-12-19)26-24(31)25(13-9-10-14-25)27-22(29)21(17(2)3)34-18(4)28/h6-8,11-12,17,20-21H,5,9-10,13-16H2,1-4H3,(H,26,31)(H,27,29)/t20-,21-/m0/s1. The van der Waals surface area contributed by atoms with Crippen molar-refractivity contribution in [2.75, 3.05) is 13.2 Å². The van der Waals surface area contributed by atoms with Gasteiger partial charge in [-0.1, -0.05) is 68.8 Å². The lowest BCUT2D eigenvalue weighted by molar-refractivity contribution is -0.150. The second kappa shape index (κ2) is 13.5. The molecule has 1 aromatic carbocycles. The van der Waals surface area contributed by atoms with Gasteiger partial charge in [-0.3, -0.25) is 14.4 Å². The molecule has 0 radical (unpaired) electrons. The Kier molecular flexibility index (Phi) is 11.0. The summed E-state index contributed by atoms with van der Waals surface area (Å²) in [6, 6.07) is 8.50. The van der Waals surface area contributed by atoms with E-state index in [1.54, 1.807) is 6.92 Å². The summed E-state index contributed by atoms with van der Waals surface area (Å²) in [5.41, 5.74) is -0.190. The lowest BCUT2D eigenvalue weighted by Gasteiger charge is -2.32. The van der Waals surface area contributed by atoms with Crippen LogP contribution in [0.3, 0.4) is 0 Å². The number of carbonyl (C=O) groups excluding carboxylic acids is 4. The molecule has 2 rings (SSSR count). The number of thioether (sulfide) groups is 1. The van der Waals surface area contributed by atoms with Crippen LogP contribution in [0.5, 0.6) is 0 Å². The lowest BCUT2D eigenvalue weighted by Crippen LogP contribution is -2.62. The van der Waals surface area contributed by atoms with Gasteiger partial charge in [0.15, 0.2) is 11.2 Å². The van der Waals surface area contributed by atoms with E-state index in [1.807, 2.05) is 44.2 Å². The van der Waals surface area contributed by atoms with Crippen LogP contribution in [0.1, 0.15) is 58.9 Å². The number of hydrogen-bond donors (Lipinski definition) is 2. The molecule has 0 heterocycles. The lowest BCUT2D eigenvalue weighted by atomic mass is 9.94. The van der Waals surface area contributed by atoms with Gasteiger partial charge in [0.25, 0.3) is 0 Å². The van der Waals surface area contributed by atoms with Gasteiger partial charge in [-0.25, -0.2) is 4.79 Å². The molecule has 2 amide bonds. The quantitative estimate of drug-likeness (QED) is 0.432. The van der Waals surface area contributed by atoms with E-state index in [0.717, 1.165) is 30.2 Å². The van der Waals surface area contributed by atoms with Gasteiger partial charge < -0.3 is 20.1 Å². The van der Waals surface area contributed by atoms with E-state index in [-0.39, 0.29) is 36.8 Å². The van der Waals surface area contributed by atoms with Gasteiger partial charge in [0.2, 0.25) is 11.8 Å². The van der Waals surface area contributed by atoms with Crippen molar-refractivity contribution in [3.63, 3.8) is 0 Å². The first kappa shape index (κ1) is 27.9. The number of ether oxygens (including phenoxy) is 2. The third kappa shape index (κ3) is 8.13.